The van der Waals surface area contributed by atoms with Crippen molar-refractivity contribution in [1.29, 1.82) is 0 Å². The van der Waals surface area contributed by atoms with Crippen molar-refractivity contribution in [3.05, 3.63) is 59.9 Å². The van der Waals surface area contributed by atoms with Crippen LogP contribution in [0.15, 0.2) is 48.7 Å². The van der Waals surface area contributed by atoms with E-state index in [-0.39, 0.29) is 23.4 Å². The Bertz CT molecular complexity index is 650. The van der Waals surface area contributed by atoms with E-state index < -0.39 is 13.0 Å². The summed E-state index contributed by atoms with van der Waals surface area (Å²) in [5, 5.41) is 0. The zero-order chi connectivity index (χ0) is 16.8. The first kappa shape index (κ1) is 16.9. The van der Waals surface area contributed by atoms with Gasteiger partial charge in [-0.1, -0.05) is 30.3 Å². The summed E-state index contributed by atoms with van der Waals surface area (Å²) in [5.74, 6) is -0.323. The van der Waals surface area contributed by atoms with Crippen LogP contribution >= 0.6 is 0 Å². The van der Waals surface area contributed by atoms with E-state index in [4.69, 9.17) is 4.74 Å². The molecule has 23 heavy (non-hydrogen) atoms. The molecule has 0 aliphatic carbocycles. The second-order valence-electron chi connectivity index (χ2n) is 5.05. The average molecular weight is 320 g/mol. The standard InChI is InChI=1S/C17H18F2N2O2/c1-12(13-7-4-3-5-8-13)21(2)17(22)16-14(9-6-10-20-16)23-11-15(18)19/h3-10,12,15H,11H2,1-2H3. The molecule has 0 spiro atoms. The number of aromatic nitrogens is 1. The smallest absolute Gasteiger partial charge is 0.276 e. The summed E-state index contributed by atoms with van der Waals surface area (Å²) in [6.45, 7) is 1.11. The van der Waals surface area contributed by atoms with E-state index in [9.17, 15) is 13.6 Å². The molecule has 122 valence electrons. The maximum atomic E-state index is 12.6. The Morgan fingerprint density at radius 2 is 1.91 bits per heavy atom. The minimum Gasteiger partial charge on any atom is -0.485 e. The van der Waals surface area contributed by atoms with Gasteiger partial charge in [-0.2, -0.15) is 0 Å². The number of amides is 1. The number of rotatable bonds is 6. The lowest BCUT2D eigenvalue weighted by Crippen LogP contribution is -2.30. The van der Waals surface area contributed by atoms with Crippen molar-refractivity contribution in [2.24, 2.45) is 0 Å². The lowest BCUT2D eigenvalue weighted by Gasteiger charge is -2.25. The first-order valence-corrected chi connectivity index (χ1v) is 7.18. The molecule has 0 fully saturated rings. The van der Waals surface area contributed by atoms with Crippen LogP contribution in [0.4, 0.5) is 8.78 Å². The van der Waals surface area contributed by atoms with Crippen LogP contribution in [0.3, 0.4) is 0 Å². The number of halogens is 2. The van der Waals surface area contributed by atoms with Crippen LogP contribution in [0.1, 0.15) is 29.0 Å². The van der Waals surface area contributed by atoms with Crippen LogP contribution in [0, 0.1) is 0 Å². The Labute approximate surface area is 133 Å². The number of nitrogens with zero attached hydrogens (tertiary/aromatic N) is 2. The van der Waals surface area contributed by atoms with E-state index in [1.54, 1.807) is 7.05 Å². The van der Waals surface area contributed by atoms with Crippen molar-refractivity contribution in [2.45, 2.75) is 19.4 Å². The fraction of sp³-hybridized carbons (Fsp3) is 0.294. The largest absolute Gasteiger partial charge is 0.485 e. The number of carbonyl (C=O) groups excluding carboxylic acids is 1. The lowest BCUT2D eigenvalue weighted by atomic mass is 10.1. The number of alkyl halides is 2. The van der Waals surface area contributed by atoms with Gasteiger partial charge in [0, 0.05) is 13.2 Å². The van der Waals surface area contributed by atoms with Crippen molar-refractivity contribution in [3.63, 3.8) is 0 Å². The third kappa shape index (κ3) is 4.25. The topological polar surface area (TPSA) is 42.4 Å². The molecule has 1 atom stereocenters. The minimum atomic E-state index is -2.61. The molecular weight excluding hydrogens is 302 g/mol. The molecule has 0 radical (unpaired) electrons. The predicted octanol–water partition coefficient (Wildman–Crippen LogP) is 3.56. The van der Waals surface area contributed by atoms with Gasteiger partial charge in [0.25, 0.3) is 12.3 Å². The summed E-state index contributed by atoms with van der Waals surface area (Å²) < 4.78 is 29.6. The summed E-state index contributed by atoms with van der Waals surface area (Å²) in [6, 6.07) is 12.3. The monoisotopic (exact) mass is 320 g/mol. The minimum absolute atomic E-state index is 0.0263. The van der Waals surface area contributed by atoms with Gasteiger partial charge < -0.3 is 9.64 Å². The molecule has 0 bridgehead atoms. The number of ether oxygens (including phenoxy) is 1. The molecule has 2 aromatic rings. The normalized spacial score (nSPS) is 12.0. The summed E-state index contributed by atoms with van der Waals surface area (Å²) in [7, 11) is 1.64. The molecule has 1 unspecified atom stereocenters. The van der Waals surface area contributed by atoms with Crippen molar-refractivity contribution in [3.8, 4) is 5.75 Å². The van der Waals surface area contributed by atoms with Gasteiger partial charge in [-0.05, 0) is 24.6 Å². The third-order valence-corrected chi connectivity index (χ3v) is 3.52. The van der Waals surface area contributed by atoms with E-state index in [1.165, 1.54) is 23.2 Å². The van der Waals surface area contributed by atoms with Gasteiger partial charge in [0.15, 0.2) is 11.4 Å². The maximum Gasteiger partial charge on any atom is 0.276 e. The van der Waals surface area contributed by atoms with Crippen LogP contribution < -0.4 is 4.74 Å². The van der Waals surface area contributed by atoms with E-state index in [0.29, 0.717) is 0 Å². The Kier molecular flexibility index (Phi) is 5.62. The summed E-state index contributed by atoms with van der Waals surface area (Å²) in [4.78, 5) is 18.1. The molecule has 0 aliphatic rings. The number of hydrogen-bond acceptors (Lipinski definition) is 3. The first-order chi connectivity index (χ1) is 11.0. The Balaban J connectivity index is 2.19. The van der Waals surface area contributed by atoms with Crippen LogP contribution in [-0.2, 0) is 0 Å². The molecular formula is C17H18F2N2O2. The zero-order valence-electron chi connectivity index (χ0n) is 12.9. The maximum absolute atomic E-state index is 12.6. The molecule has 1 aromatic heterocycles. The van der Waals surface area contributed by atoms with Crippen molar-refractivity contribution in [2.75, 3.05) is 13.7 Å². The summed E-state index contributed by atoms with van der Waals surface area (Å²) in [6.07, 6.45) is -1.18. The number of benzene rings is 1. The van der Waals surface area contributed by atoms with Gasteiger partial charge in [-0.3, -0.25) is 4.79 Å². The van der Waals surface area contributed by atoms with Gasteiger partial charge in [-0.15, -0.1) is 0 Å². The molecule has 1 aromatic carbocycles. The zero-order valence-corrected chi connectivity index (χ0v) is 12.9. The lowest BCUT2D eigenvalue weighted by molar-refractivity contribution is 0.0695. The van der Waals surface area contributed by atoms with Gasteiger partial charge in [0.05, 0.1) is 6.04 Å². The van der Waals surface area contributed by atoms with E-state index >= 15 is 0 Å². The Morgan fingerprint density at radius 3 is 2.57 bits per heavy atom. The van der Waals surface area contributed by atoms with E-state index in [1.807, 2.05) is 37.3 Å². The van der Waals surface area contributed by atoms with Gasteiger partial charge in [0.1, 0.15) is 6.61 Å². The Morgan fingerprint density at radius 1 is 1.22 bits per heavy atom. The van der Waals surface area contributed by atoms with Gasteiger partial charge in [0.2, 0.25) is 0 Å². The van der Waals surface area contributed by atoms with Gasteiger partial charge in [-0.25, -0.2) is 13.8 Å². The molecule has 1 heterocycles. The van der Waals surface area contributed by atoms with Crippen LogP contribution in [-0.4, -0.2) is 35.9 Å². The third-order valence-electron chi connectivity index (χ3n) is 3.52. The highest BCUT2D eigenvalue weighted by molar-refractivity contribution is 5.95. The van der Waals surface area contributed by atoms with Crippen LogP contribution in [0.5, 0.6) is 5.75 Å². The second-order valence-corrected chi connectivity index (χ2v) is 5.05. The van der Waals surface area contributed by atoms with Crippen molar-refractivity contribution >= 4 is 5.91 Å². The summed E-state index contributed by atoms with van der Waals surface area (Å²) >= 11 is 0. The first-order valence-electron chi connectivity index (χ1n) is 7.18. The molecule has 0 N–H and O–H groups in total. The number of pyridine rings is 1. The molecule has 0 saturated heterocycles. The molecule has 2 rings (SSSR count). The van der Waals surface area contributed by atoms with E-state index in [0.717, 1.165) is 5.56 Å². The van der Waals surface area contributed by atoms with Crippen molar-refractivity contribution in [1.82, 2.24) is 9.88 Å². The molecule has 4 nitrogen and oxygen atoms in total. The second kappa shape index (κ2) is 7.67. The average Bonchev–Trinajstić information content (AvgIpc) is 2.59. The van der Waals surface area contributed by atoms with Crippen LogP contribution in [0.25, 0.3) is 0 Å². The molecule has 0 aliphatic heterocycles. The number of carbonyl (C=O) groups is 1. The molecule has 0 saturated carbocycles. The predicted molar refractivity (Wildman–Crippen MR) is 82.7 cm³/mol. The molecule has 1 amide bonds. The molecule has 6 heteroatoms. The van der Waals surface area contributed by atoms with Gasteiger partial charge >= 0.3 is 0 Å². The highest BCUT2D eigenvalue weighted by Crippen LogP contribution is 2.23. The summed E-state index contributed by atoms with van der Waals surface area (Å²) in [5.41, 5.74) is 0.993. The fourth-order valence-electron chi connectivity index (χ4n) is 2.12. The van der Waals surface area contributed by atoms with Crippen molar-refractivity contribution < 1.29 is 18.3 Å². The Hall–Kier alpha value is -2.50. The number of hydrogen-bond donors (Lipinski definition) is 0. The highest BCUT2D eigenvalue weighted by atomic mass is 19.3. The van der Waals surface area contributed by atoms with E-state index in [2.05, 4.69) is 4.98 Å². The quantitative estimate of drug-likeness (QED) is 0.817. The SMILES string of the molecule is CC(c1ccccc1)N(C)C(=O)c1ncccc1OCC(F)F. The fourth-order valence-corrected chi connectivity index (χ4v) is 2.12. The van der Waals surface area contributed by atoms with Crippen LogP contribution in [0.2, 0.25) is 0 Å². The highest BCUT2D eigenvalue weighted by Gasteiger charge is 2.23.